The van der Waals surface area contributed by atoms with Gasteiger partial charge in [-0.3, -0.25) is 9.59 Å². The molecule has 7 nitrogen and oxygen atoms in total. The minimum atomic E-state index is -1.12. The van der Waals surface area contributed by atoms with Gasteiger partial charge in [0.15, 0.2) is 6.61 Å². The van der Waals surface area contributed by atoms with Crippen molar-refractivity contribution in [1.82, 2.24) is 5.32 Å². The number of carbonyl (C=O) groups is 2. The van der Waals surface area contributed by atoms with Gasteiger partial charge < -0.3 is 19.6 Å². The largest absolute Gasteiger partial charge is 0.483 e. The number of benzene rings is 1. The van der Waals surface area contributed by atoms with E-state index in [1.54, 1.807) is 12.1 Å². The highest BCUT2D eigenvalue weighted by molar-refractivity contribution is 5.89. The van der Waals surface area contributed by atoms with E-state index in [1.807, 2.05) is 6.92 Å². The van der Waals surface area contributed by atoms with Crippen LogP contribution in [0.2, 0.25) is 0 Å². The van der Waals surface area contributed by atoms with E-state index in [0.717, 1.165) is 29.4 Å². The number of aliphatic carboxylic acids is 1. The van der Waals surface area contributed by atoms with Gasteiger partial charge in [0.25, 0.3) is 5.91 Å². The third kappa shape index (κ3) is 3.35. The fraction of sp³-hybridized carbons (Fsp3) is 0.389. The summed E-state index contributed by atoms with van der Waals surface area (Å²) in [5.74, 6) is -1.18. The molecular formula is C18H19NO6. The molecule has 2 aromatic rings. The van der Waals surface area contributed by atoms with Crippen LogP contribution in [0.3, 0.4) is 0 Å². The molecule has 132 valence electrons. The summed E-state index contributed by atoms with van der Waals surface area (Å²) >= 11 is 0. The van der Waals surface area contributed by atoms with Crippen molar-refractivity contribution in [2.24, 2.45) is 0 Å². The summed E-state index contributed by atoms with van der Waals surface area (Å²) in [4.78, 5) is 34.7. The van der Waals surface area contributed by atoms with Crippen LogP contribution in [-0.4, -0.2) is 29.6 Å². The Kier molecular flexibility index (Phi) is 4.48. The topological polar surface area (TPSA) is 106 Å². The first-order valence-corrected chi connectivity index (χ1v) is 8.11. The molecule has 0 spiro atoms. The molecule has 0 radical (unpaired) electrons. The van der Waals surface area contributed by atoms with Gasteiger partial charge >= 0.3 is 11.6 Å². The molecule has 0 bridgehead atoms. The van der Waals surface area contributed by atoms with Crippen molar-refractivity contribution in [2.75, 3.05) is 6.61 Å². The zero-order chi connectivity index (χ0) is 18.1. The number of hydrogen-bond donors (Lipinski definition) is 2. The van der Waals surface area contributed by atoms with Crippen molar-refractivity contribution in [3.63, 3.8) is 0 Å². The zero-order valence-corrected chi connectivity index (χ0v) is 14.0. The molecule has 25 heavy (non-hydrogen) atoms. The van der Waals surface area contributed by atoms with Gasteiger partial charge in [0.2, 0.25) is 0 Å². The molecule has 0 saturated heterocycles. The predicted octanol–water partition coefficient (Wildman–Crippen LogP) is 1.56. The van der Waals surface area contributed by atoms with E-state index < -0.39 is 17.9 Å². The van der Waals surface area contributed by atoms with E-state index in [4.69, 9.17) is 14.3 Å². The summed E-state index contributed by atoms with van der Waals surface area (Å²) in [6.07, 6.45) is 2.32. The highest BCUT2D eigenvalue weighted by atomic mass is 16.5. The highest BCUT2D eigenvalue weighted by Crippen LogP contribution is 2.35. The second-order valence-electron chi connectivity index (χ2n) is 6.25. The lowest BCUT2D eigenvalue weighted by molar-refractivity contribution is -0.141. The van der Waals surface area contributed by atoms with E-state index in [-0.39, 0.29) is 12.2 Å². The smallest absolute Gasteiger partial charge is 0.339 e. The first-order chi connectivity index (χ1) is 11.9. The minimum Gasteiger partial charge on any atom is -0.483 e. The molecule has 1 heterocycles. The Labute approximate surface area is 143 Å². The normalized spacial score (nSPS) is 14.2. The molecule has 1 amide bonds. The molecule has 1 aromatic heterocycles. The molecule has 1 unspecified atom stereocenters. The summed E-state index contributed by atoms with van der Waals surface area (Å²) in [5.41, 5.74) is 2.55. The van der Waals surface area contributed by atoms with Crippen molar-refractivity contribution in [1.29, 1.82) is 0 Å². The fourth-order valence-electron chi connectivity index (χ4n) is 3.11. The maximum absolute atomic E-state index is 12.1. The minimum absolute atomic E-state index is 0.315. The standard InChI is InChI=1S/C18H19NO6/c1-9-6-13(24-8-15(20)19-10(2)17(21)22)16-11-4-3-5-12(11)18(23)25-14(16)7-9/h6-7,10H,3-5,8H2,1-2H3,(H,19,20)(H,21,22). The first-order valence-electron chi connectivity index (χ1n) is 8.11. The summed E-state index contributed by atoms with van der Waals surface area (Å²) < 4.78 is 11.1. The molecule has 3 rings (SSSR count). The number of carbonyl (C=O) groups excluding carboxylic acids is 1. The lowest BCUT2D eigenvalue weighted by atomic mass is 10.0. The van der Waals surface area contributed by atoms with Gasteiger partial charge in [-0.1, -0.05) is 0 Å². The Bertz CT molecular complexity index is 914. The van der Waals surface area contributed by atoms with E-state index in [0.29, 0.717) is 23.3 Å². The van der Waals surface area contributed by atoms with Crippen molar-refractivity contribution >= 4 is 22.8 Å². The molecular weight excluding hydrogens is 326 g/mol. The molecule has 7 heteroatoms. The maximum atomic E-state index is 12.1. The number of hydrogen-bond acceptors (Lipinski definition) is 5. The summed E-state index contributed by atoms with van der Waals surface area (Å²) in [6, 6.07) is 2.57. The van der Waals surface area contributed by atoms with Crippen LogP contribution in [0.15, 0.2) is 21.3 Å². The average molecular weight is 345 g/mol. The Hall–Kier alpha value is -2.83. The predicted molar refractivity (Wildman–Crippen MR) is 90.0 cm³/mol. The Morgan fingerprint density at radius 3 is 2.76 bits per heavy atom. The second-order valence-corrected chi connectivity index (χ2v) is 6.25. The molecule has 1 atom stereocenters. The Balaban J connectivity index is 1.91. The second kappa shape index (κ2) is 6.58. The van der Waals surface area contributed by atoms with Crippen molar-refractivity contribution in [3.8, 4) is 5.75 Å². The number of carboxylic acids is 1. The third-order valence-electron chi connectivity index (χ3n) is 4.29. The SMILES string of the molecule is Cc1cc(OCC(=O)NC(C)C(=O)O)c2c3c(c(=O)oc2c1)CCC3. The molecule has 1 aliphatic rings. The lowest BCUT2D eigenvalue weighted by Gasteiger charge is -2.14. The van der Waals surface area contributed by atoms with E-state index in [9.17, 15) is 14.4 Å². The number of nitrogens with one attached hydrogen (secondary N) is 1. The Morgan fingerprint density at radius 2 is 2.04 bits per heavy atom. The third-order valence-corrected chi connectivity index (χ3v) is 4.29. The van der Waals surface area contributed by atoms with Crippen LogP contribution in [0.1, 0.15) is 30.0 Å². The number of rotatable bonds is 5. The van der Waals surface area contributed by atoms with Crippen LogP contribution in [-0.2, 0) is 22.4 Å². The molecule has 2 N–H and O–H groups in total. The van der Waals surface area contributed by atoms with E-state index in [2.05, 4.69) is 5.32 Å². The molecule has 0 saturated carbocycles. The van der Waals surface area contributed by atoms with Gasteiger partial charge in [0.05, 0.1) is 5.39 Å². The quantitative estimate of drug-likeness (QED) is 0.797. The fourth-order valence-corrected chi connectivity index (χ4v) is 3.11. The van der Waals surface area contributed by atoms with Gasteiger partial charge in [-0.15, -0.1) is 0 Å². The summed E-state index contributed by atoms with van der Waals surface area (Å²) in [6.45, 7) is 2.90. The molecule has 0 aliphatic heterocycles. The average Bonchev–Trinajstić information content (AvgIpc) is 3.02. The number of fused-ring (bicyclic) bond motifs is 3. The number of carboxylic acid groups (broad SMARTS) is 1. The Morgan fingerprint density at radius 1 is 1.32 bits per heavy atom. The number of aryl methyl sites for hydroxylation is 2. The first kappa shape index (κ1) is 17.0. The van der Waals surface area contributed by atoms with Gasteiger partial charge in [-0.2, -0.15) is 0 Å². The van der Waals surface area contributed by atoms with E-state index in [1.165, 1.54) is 6.92 Å². The summed E-state index contributed by atoms with van der Waals surface area (Å²) in [7, 11) is 0. The van der Waals surface area contributed by atoms with Crippen molar-refractivity contribution in [2.45, 2.75) is 39.2 Å². The van der Waals surface area contributed by atoms with Gasteiger partial charge in [0.1, 0.15) is 17.4 Å². The van der Waals surface area contributed by atoms with Crippen LogP contribution in [0, 0.1) is 6.92 Å². The highest BCUT2D eigenvalue weighted by Gasteiger charge is 2.23. The van der Waals surface area contributed by atoms with E-state index >= 15 is 0 Å². The van der Waals surface area contributed by atoms with Gasteiger partial charge in [-0.25, -0.2) is 4.79 Å². The maximum Gasteiger partial charge on any atom is 0.339 e. The van der Waals surface area contributed by atoms with Crippen LogP contribution < -0.4 is 15.7 Å². The molecule has 1 aromatic carbocycles. The van der Waals surface area contributed by atoms with Crippen LogP contribution >= 0.6 is 0 Å². The van der Waals surface area contributed by atoms with Crippen molar-refractivity contribution < 1.29 is 23.8 Å². The molecule has 1 aliphatic carbocycles. The lowest BCUT2D eigenvalue weighted by Crippen LogP contribution is -2.40. The van der Waals surface area contributed by atoms with Crippen LogP contribution in [0.5, 0.6) is 5.75 Å². The molecule has 0 fully saturated rings. The van der Waals surface area contributed by atoms with Crippen molar-refractivity contribution in [3.05, 3.63) is 39.2 Å². The zero-order valence-electron chi connectivity index (χ0n) is 14.0. The number of ether oxygens (including phenoxy) is 1. The van der Waals surface area contributed by atoms with Gasteiger partial charge in [-0.05, 0) is 56.4 Å². The van der Waals surface area contributed by atoms with Gasteiger partial charge in [0, 0.05) is 5.56 Å². The summed E-state index contributed by atoms with van der Waals surface area (Å²) in [5, 5.41) is 11.9. The monoisotopic (exact) mass is 345 g/mol. The van der Waals surface area contributed by atoms with Crippen LogP contribution in [0.4, 0.5) is 0 Å². The number of amides is 1. The van der Waals surface area contributed by atoms with Crippen LogP contribution in [0.25, 0.3) is 11.0 Å².